The van der Waals surface area contributed by atoms with Crippen molar-refractivity contribution in [1.29, 1.82) is 0 Å². The van der Waals surface area contributed by atoms with Gasteiger partial charge in [-0.25, -0.2) is 0 Å². The molecule has 1 aromatic heterocycles. The molecule has 2 heteroatoms. The minimum absolute atomic E-state index is 0.134. The van der Waals surface area contributed by atoms with Crippen LogP contribution in [0.4, 0.5) is 0 Å². The maximum atomic E-state index is 8.39. The molecule has 0 unspecified atom stereocenters. The Morgan fingerprint density at radius 3 is 2.45 bits per heavy atom. The smallest absolute Gasteiger partial charge is 0.143 e. The second-order valence-corrected chi connectivity index (χ2v) is 4.33. The summed E-state index contributed by atoms with van der Waals surface area (Å²) in [5, 5.41) is -0.684. The predicted molar refractivity (Wildman–Crippen MR) is 84.2 cm³/mol. The normalized spacial score (nSPS) is 18.9. The Kier molecular flexibility index (Phi) is 1.09. The lowest BCUT2D eigenvalue weighted by molar-refractivity contribution is 0.670. The van der Waals surface area contributed by atoms with E-state index in [4.69, 9.17) is 31.1 Å². The van der Waals surface area contributed by atoms with Gasteiger partial charge in [0, 0.05) is 21.4 Å². The second-order valence-electron chi connectivity index (χ2n) is 3.95. The summed E-state index contributed by atoms with van der Waals surface area (Å²) in [5.41, 5.74) is -1.23. The van der Waals surface area contributed by atoms with Crippen molar-refractivity contribution in [1.82, 2.24) is 0 Å². The van der Waals surface area contributed by atoms with Gasteiger partial charge in [0.05, 0.1) is 15.1 Å². The molecule has 0 saturated carbocycles. The third-order valence-electron chi connectivity index (χ3n) is 2.78. The average Bonchev–Trinajstić information content (AvgIpc) is 3.14. The van der Waals surface area contributed by atoms with Crippen molar-refractivity contribution >= 4 is 33.5 Å². The maximum Gasteiger partial charge on any atom is 0.143 e. The van der Waals surface area contributed by atoms with Gasteiger partial charge in [-0.1, -0.05) is 59.9 Å². The van der Waals surface area contributed by atoms with Gasteiger partial charge in [0.15, 0.2) is 0 Å². The van der Waals surface area contributed by atoms with Gasteiger partial charge >= 0.3 is 0 Å². The Bertz CT molecular complexity index is 1430. The highest BCUT2D eigenvalue weighted by atomic mass is 35.5. The Morgan fingerprint density at radius 2 is 1.60 bits per heavy atom. The number of hydrogen-bond acceptors (Lipinski definition) is 1. The molecule has 4 rings (SSSR count). The topological polar surface area (TPSA) is 13.1 Å². The van der Waals surface area contributed by atoms with Crippen molar-refractivity contribution in [2.45, 2.75) is 0 Å². The van der Waals surface area contributed by atoms with Crippen LogP contribution < -0.4 is 0 Å². The zero-order chi connectivity index (χ0) is 23.1. The molecule has 0 aliphatic carbocycles. The van der Waals surface area contributed by atoms with E-state index in [0.717, 1.165) is 0 Å². The predicted octanol–water partition coefficient (Wildman–Crippen LogP) is 5.91. The molecule has 20 heavy (non-hydrogen) atoms. The SMILES string of the molecule is [2H]c1c([2H])c([2H])c(-c2c([2H])c(Cl)c([2H])c3c2oc2c([2H])c([2H])c([2H])c([2H])c23)c([2H])c1[2H]. The van der Waals surface area contributed by atoms with E-state index in [2.05, 4.69) is 0 Å². The number of fused-ring (bicyclic) bond motifs is 3. The zero-order valence-corrected chi connectivity index (χ0v) is 10.5. The van der Waals surface area contributed by atoms with Gasteiger partial charge in [-0.05, 0) is 23.7 Å². The van der Waals surface area contributed by atoms with Gasteiger partial charge < -0.3 is 4.42 Å². The summed E-state index contributed by atoms with van der Waals surface area (Å²) in [6, 6.07) is -6.22. The largest absolute Gasteiger partial charge is 0.455 e. The Morgan fingerprint density at radius 1 is 0.850 bits per heavy atom. The second kappa shape index (κ2) is 4.39. The van der Waals surface area contributed by atoms with E-state index >= 15 is 0 Å². The van der Waals surface area contributed by atoms with E-state index in [1.807, 2.05) is 0 Å². The van der Waals surface area contributed by atoms with Crippen LogP contribution in [-0.2, 0) is 0 Å². The van der Waals surface area contributed by atoms with Crippen molar-refractivity contribution in [3.8, 4) is 11.1 Å². The molecule has 0 N–H and O–H groups in total. The summed E-state index contributed by atoms with van der Waals surface area (Å²) < 4.78 is 94.6. The fraction of sp³-hybridized carbons (Fsp3) is 0. The zero-order valence-electron chi connectivity index (χ0n) is 20.8. The monoisotopic (exact) mass is 289 g/mol. The first-order valence-electron chi connectivity index (χ1n) is 11.1. The van der Waals surface area contributed by atoms with Crippen LogP contribution in [-0.4, -0.2) is 0 Å². The van der Waals surface area contributed by atoms with Crippen LogP contribution in [0.1, 0.15) is 15.1 Å². The van der Waals surface area contributed by atoms with Crippen LogP contribution >= 0.6 is 11.6 Å². The summed E-state index contributed by atoms with van der Waals surface area (Å²) in [6.07, 6.45) is 0. The molecule has 0 saturated heterocycles. The molecule has 0 atom stereocenters. The minimum atomic E-state index is -0.644. The summed E-state index contributed by atoms with van der Waals surface area (Å²) >= 11 is 6.19. The molecule has 0 aliphatic rings. The van der Waals surface area contributed by atoms with Gasteiger partial charge in [0.25, 0.3) is 0 Å². The highest BCUT2D eigenvalue weighted by Crippen LogP contribution is 2.37. The van der Waals surface area contributed by atoms with E-state index in [0.29, 0.717) is 0 Å². The van der Waals surface area contributed by atoms with E-state index in [1.165, 1.54) is 0 Å². The van der Waals surface area contributed by atoms with Crippen LogP contribution in [0.25, 0.3) is 33.1 Å². The number of para-hydroxylation sites is 1. The molecule has 0 bridgehead atoms. The third-order valence-corrected chi connectivity index (χ3v) is 2.97. The molecule has 0 spiro atoms. The summed E-state index contributed by atoms with van der Waals surface area (Å²) in [5.74, 6) is 0. The highest BCUT2D eigenvalue weighted by molar-refractivity contribution is 6.32. The van der Waals surface area contributed by atoms with E-state index in [1.54, 1.807) is 0 Å². The first-order chi connectivity index (χ1) is 14.4. The quantitative estimate of drug-likeness (QED) is 0.425. The van der Waals surface area contributed by atoms with E-state index in [9.17, 15) is 0 Å². The van der Waals surface area contributed by atoms with Crippen LogP contribution in [0.15, 0.2) is 70.9 Å². The first-order valence-corrected chi connectivity index (χ1v) is 5.98. The molecule has 96 valence electrons. The number of benzene rings is 3. The van der Waals surface area contributed by atoms with Crippen molar-refractivity contribution in [2.24, 2.45) is 0 Å². The molecule has 1 nitrogen and oxygen atoms in total. The Hall–Kier alpha value is -2.25. The lowest BCUT2D eigenvalue weighted by Crippen LogP contribution is -1.79. The molecule has 0 fully saturated rings. The lowest BCUT2D eigenvalue weighted by atomic mass is 10.0. The van der Waals surface area contributed by atoms with Crippen molar-refractivity contribution < 1.29 is 19.5 Å². The van der Waals surface area contributed by atoms with Crippen molar-refractivity contribution in [3.05, 3.63) is 71.5 Å². The maximum absolute atomic E-state index is 8.39. The minimum Gasteiger partial charge on any atom is -0.455 e. The molecule has 0 aliphatic heterocycles. The van der Waals surface area contributed by atoms with Crippen LogP contribution in [0, 0.1) is 0 Å². The van der Waals surface area contributed by atoms with Crippen LogP contribution in [0.5, 0.6) is 0 Å². The highest BCUT2D eigenvalue weighted by Gasteiger charge is 2.13. The van der Waals surface area contributed by atoms with Crippen LogP contribution in [0.3, 0.4) is 0 Å². The number of halogens is 1. The fourth-order valence-electron chi connectivity index (χ4n) is 1.97. The van der Waals surface area contributed by atoms with Gasteiger partial charge in [0.2, 0.25) is 0 Å². The molecular weight excluding hydrogens is 268 g/mol. The molecule has 0 amide bonds. The standard InChI is InChI=1S/C18H11ClO/c19-13-10-15(12-6-2-1-3-7-12)18-16(11-13)14-8-4-5-9-17(14)20-18/h1-11H/i1D,2D,3D,4D,5D,6D,7D,8D,9D,10D,11D. The van der Waals surface area contributed by atoms with E-state index in [-0.39, 0.29) is 33.1 Å². The van der Waals surface area contributed by atoms with Crippen LogP contribution in [0.2, 0.25) is 5.02 Å². The molecule has 1 heterocycles. The van der Waals surface area contributed by atoms with E-state index < -0.39 is 71.5 Å². The molecular formula is C18H11ClO. The van der Waals surface area contributed by atoms with Crippen molar-refractivity contribution in [3.63, 3.8) is 0 Å². The summed E-state index contributed by atoms with van der Waals surface area (Å²) in [4.78, 5) is 0. The van der Waals surface area contributed by atoms with Gasteiger partial charge in [-0.3, -0.25) is 0 Å². The Balaban J connectivity index is 2.36. The summed E-state index contributed by atoms with van der Waals surface area (Å²) in [6.45, 7) is 0. The third kappa shape index (κ3) is 1.71. The number of hydrogen-bond donors (Lipinski definition) is 0. The fourth-order valence-corrected chi connectivity index (χ4v) is 2.16. The average molecular weight is 290 g/mol. The lowest BCUT2D eigenvalue weighted by Gasteiger charge is -2.03. The first kappa shape index (κ1) is 4.94. The molecule has 4 aromatic rings. The van der Waals surface area contributed by atoms with Gasteiger partial charge in [0.1, 0.15) is 11.2 Å². The number of furan rings is 1. The van der Waals surface area contributed by atoms with Gasteiger partial charge in [-0.15, -0.1) is 0 Å². The summed E-state index contributed by atoms with van der Waals surface area (Å²) in [7, 11) is 0. The molecule has 0 radical (unpaired) electrons. The molecule has 3 aromatic carbocycles. The Labute approximate surface area is 136 Å². The van der Waals surface area contributed by atoms with Crippen molar-refractivity contribution in [2.75, 3.05) is 0 Å². The van der Waals surface area contributed by atoms with Gasteiger partial charge in [-0.2, -0.15) is 0 Å². The number of rotatable bonds is 1.